The highest BCUT2D eigenvalue weighted by Gasteiger charge is 2.21. The Morgan fingerprint density at radius 3 is 2.81 bits per heavy atom. The van der Waals surface area contributed by atoms with Crippen molar-refractivity contribution in [1.29, 1.82) is 0 Å². The molecule has 21 heavy (non-hydrogen) atoms. The van der Waals surface area contributed by atoms with Gasteiger partial charge in [0.25, 0.3) is 5.91 Å². The van der Waals surface area contributed by atoms with Gasteiger partial charge >= 0.3 is 0 Å². The van der Waals surface area contributed by atoms with Gasteiger partial charge in [-0.15, -0.1) is 0 Å². The van der Waals surface area contributed by atoms with Crippen LogP contribution in [0.1, 0.15) is 5.56 Å². The molecule has 0 saturated carbocycles. The van der Waals surface area contributed by atoms with E-state index in [9.17, 15) is 9.00 Å². The van der Waals surface area contributed by atoms with Crippen LogP contribution in [-0.2, 0) is 22.2 Å². The second-order valence-corrected chi connectivity index (χ2v) is 5.58. The van der Waals surface area contributed by atoms with Gasteiger partial charge in [0.05, 0.1) is 12.8 Å². The molecule has 1 atom stereocenters. The average molecular weight is 303 g/mol. The predicted molar refractivity (Wildman–Crippen MR) is 78.4 cm³/mol. The number of carbonyl (C=O) groups is 1. The van der Waals surface area contributed by atoms with Crippen molar-refractivity contribution in [2.75, 3.05) is 6.61 Å². The van der Waals surface area contributed by atoms with Gasteiger partial charge in [-0.2, -0.15) is 5.10 Å². The molecule has 1 N–H and O–H groups in total. The summed E-state index contributed by atoms with van der Waals surface area (Å²) in [5, 5.41) is 4.46. The number of amides is 1. The third-order valence-corrected chi connectivity index (χ3v) is 3.97. The molecule has 6 nitrogen and oxygen atoms in total. The van der Waals surface area contributed by atoms with Crippen molar-refractivity contribution in [3.8, 4) is 5.75 Å². The molecule has 0 radical (unpaired) electrons. The maximum Gasteiger partial charge on any atom is 0.258 e. The topological polar surface area (TPSA) is 73.2 Å². The molecule has 0 saturated heterocycles. The van der Waals surface area contributed by atoms with Crippen LogP contribution in [0.2, 0.25) is 0 Å². The van der Waals surface area contributed by atoms with E-state index in [0.717, 1.165) is 11.3 Å². The van der Waals surface area contributed by atoms with Crippen molar-refractivity contribution in [3.05, 3.63) is 54.4 Å². The van der Waals surface area contributed by atoms with E-state index in [1.54, 1.807) is 12.4 Å². The zero-order valence-electron chi connectivity index (χ0n) is 11.1. The molecule has 1 amide bonds. The molecule has 1 aromatic carbocycles. The number of nitrogens with zero attached hydrogens (tertiary/aromatic N) is 2. The summed E-state index contributed by atoms with van der Waals surface area (Å²) in [4.78, 5) is 11.1. The van der Waals surface area contributed by atoms with Gasteiger partial charge in [-0.1, -0.05) is 18.2 Å². The van der Waals surface area contributed by atoms with Crippen LogP contribution in [0, 0.1) is 0 Å². The fourth-order valence-corrected chi connectivity index (χ4v) is 2.73. The number of ether oxygens (including phenoxy) is 1. The van der Waals surface area contributed by atoms with Crippen LogP contribution < -0.4 is 9.46 Å². The van der Waals surface area contributed by atoms with Gasteiger partial charge in [-0.3, -0.25) is 9.52 Å². The third-order valence-electron chi connectivity index (χ3n) is 2.90. The number of benzene rings is 1. The summed E-state index contributed by atoms with van der Waals surface area (Å²) in [6.07, 6.45) is 5.39. The number of rotatable bonds is 5. The lowest BCUT2D eigenvalue weighted by molar-refractivity contribution is -0.114. The SMILES string of the molecule is O=C1C=C(n2cc(CCOc3ccccc3)cn2)S(=O)N1. The first-order chi connectivity index (χ1) is 10.2. The lowest BCUT2D eigenvalue weighted by Crippen LogP contribution is -2.17. The lowest BCUT2D eigenvalue weighted by atomic mass is 10.3. The zero-order valence-corrected chi connectivity index (χ0v) is 11.9. The Bertz CT molecular complexity index is 709. The van der Waals surface area contributed by atoms with E-state index in [4.69, 9.17) is 4.74 Å². The van der Waals surface area contributed by atoms with Crippen LogP contribution in [0.5, 0.6) is 5.75 Å². The molecule has 108 valence electrons. The van der Waals surface area contributed by atoms with Gasteiger partial charge < -0.3 is 4.74 Å². The summed E-state index contributed by atoms with van der Waals surface area (Å²) in [5.41, 5.74) is 0.947. The third kappa shape index (κ3) is 3.19. The van der Waals surface area contributed by atoms with Crippen LogP contribution in [0.3, 0.4) is 0 Å². The zero-order chi connectivity index (χ0) is 14.7. The minimum Gasteiger partial charge on any atom is -0.493 e. The number of carbonyl (C=O) groups excluding carboxylic acids is 1. The molecule has 1 aromatic heterocycles. The molecule has 1 aliphatic heterocycles. The number of nitrogens with one attached hydrogen (secondary N) is 1. The van der Waals surface area contributed by atoms with E-state index >= 15 is 0 Å². The van der Waals surface area contributed by atoms with Crippen LogP contribution >= 0.6 is 0 Å². The Labute approximate surface area is 124 Å². The van der Waals surface area contributed by atoms with Crippen molar-refractivity contribution < 1.29 is 13.7 Å². The van der Waals surface area contributed by atoms with Crippen molar-refractivity contribution in [1.82, 2.24) is 14.5 Å². The molecule has 7 heteroatoms. The van der Waals surface area contributed by atoms with E-state index in [-0.39, 0.29) is 5.91 Å². The monoisotopic (exact) mass is 303 g/mol. The largest absolute Gasteiger partial charge is 0.493 e. The summed E-state index contributed by atoms with van der Waals surface area (Å²) in [6.45, 7) is 0.523. The van der Waals surface area contributed by atoms with Gasteiger partial charge in [0.2, 0.25) is 0 Å². The molecule has 1 unspecified atom stereocenters. The van der Waals surface area contributed by atoms with Crippen LogP contribution in [-0.4, -0.2) is 26.5 Å². The molecule has 0 fully saturated rings. The van der Waals surface area contributed by atoms with Gasteiger partial charge in [0, 0.05) is 18.7 Å². The summed E-state index contributed by atoms with van der Waals surface area (Å²) < 4.78 is 21.0. The van der Waals surface area contributed by atoms with Crippen molar-refractivity contribution in [2.45, 2.75) is 6.42 Å². The summed E-state index contributed by atoms with van der Waals surface area (Å²) in [5.74, 6) is 0.451. The van der Waals surface area contributed by atoms with Gasteiger partial charge in [-0.25, -0.2) is 8.89 Å². The van der Waals surface area contributed by atoms with Crippen LogP contribution in [0.4, 0.5) is 0 Å². The Morgan fingerprint density at radius 2 is 2.10 bits per heavy atom. The number of para-hydroxylation sites is 1. The van der Waals surface area contributed by atoms with E-state index in [1.807, 2.05) is 30.3 Å². The quantitative estimate of drug-likeness (QED) is 0.897. The molecular weight excluding hydrogens is 290 g/mol. The highest BCUT2D eigenvalue weighted by molar-refractivity contribution is 7.93. The second-order valence-electron chi connectivity index (χ2n) is 4.42. The van der Waals surface area contributed by atoms with E-state index in [1.165, 1.54) is 10.8 Å². The summed E-state index contributed by atoms with van der Waals surface area (Å²) >= 11 is 0. The number of hydrogen-bond acceptors (Lipinski definition) is 4. The molecule has 2 heterocycles. The van der Waals surface area contributed by atoms with Crippen LogP contribution in [0.15, 0.2) is 48.8 Å². The second kappa shape index (κ2) is 5.92. The minimum absolute atomic E-state index is 0.343. The molecule has 0 bridgehead atoms. The highest BCUT2D eigenvalue weighted by Crippen LogP contribution is 2.14. The number of aromatic nitrogens is 2. The highest BCUT2D eigenvalue weighted by atomic mass is 32.2. The van der Waals surface area contributed by atoms with Gasteiger partial charge in [0.1, 0.15) is 5.75 Å². The Morgan fingerprint density at radius 1 is 1.29 bits per heavy atom. The molecule has 3 rings (SSSR count). The molecular formula is C14H13N3O3S. The first-order valence-corrected chi connectivity index (χ1v) is 7.53. The predicted octanol–water partition coefficient (Wildman–Crippen LogP) is 1.10. The van der Waals surface area contributed by atoms with Gasteiger partial charge in [0.15, 0.2) is 16.0 Å². The smallest absolute Gasteiger partial charge is 0.258 e. The fraction of sp³-hybridized carbons (Fsp3) is 0.143. The molecule has 0 aliphatic carbocycles. The van der Waals surface area contributed by atoms with Crippen molar-refractivity contribution >= 4 is 21.9 Å². The summed E-state index contributed by atoms with van der Waals surface area (Å²) in [7, 11) is -1.53. The minimum atomic E-state index is -1.53. The van der Waals surface area contributed by atoms with E-state index in [2.05, 4.69) is 9.82 Å². The summed E-state index contributed by atoms with van der Waals surface area (Å²) in [6, 6.07) is 9.56. The molecule has 2 aromatic rings. The van der Waals surface area contributed by atoms with Gasteiger partial charge in [-0.05, 0) is 17.7 Å². The van der Waals surface area contributed by atoms with Crippen LogP contribution in [0.25, 0.3) is 5.03 Å². The van der Waals surface area contributed by atoms with E-state index in [0.29, 0.717) is 18.1 Å². The first kappa shape index (κ1) is 13.6. The maximum atomic E-state index is 11.6. The normalized spacial score (nSPS) is 17.4. The van der Waals surface area contributed by atoms with Crippen molar-refractivity contribution in [3.63, 3.8) is 0 Å². The molecule has 0 spiro atoms. The first-order valence-electron chi connectivity index (χ1n) is 6.38. The maximum absolute atomic E-state index is 11.6. The molecule has 1 aliphatic rings. The standard InChI is InChI=1S/C14H13N3O3S/c18-13-8-14(21(19)16-13)17-10-11(9-15-17)6-7-20-12-4-2-1-3-5-12/h1-5,8-10H,6-7H2,(H,16,18). The lowest BCUT2D eigenvalue weighted by Gasteiger charge is -2.04. The Kier molecular flexibility index (Phi) is 3.83. The number of hydrogen-bond donors (Lipinski definition) is 1. The Hall–Kier alpha value is -2.41. The van der Waals surface area contributed by atoms with E-state index < -0.39 is 11.0 Å². The average Bonchev–Trinajstić information content (AvgIpc) is 3.06. The van der Waals surface area contributed by atoms with Crippen molar-refractivity contribution in [2.24, 2.45) is 0 Å². The fourth-order valence-electron chi connectivity index (χ4n) is 1.90. The Balaban J connectivity index is 1.60.